The summed E-state index contributed by atoms with van der Waals surface area (Å²) in [6.45, 7) is 7.71. The molecule has 1 fully saturated rings. The summed E-state index contributed by atoms with van der Waals surface area (Å²) in [6.07, 6.45) is 4.40. The molecule has 2 aromatic rings. The van der Waals surface area contributed by atoms with E-state index in [1.54, 1.807) is 12.5 Å². The van der Waals surface area contributed by atoms with Crippen LogP contribution in [0, 0.1) is 5.92 Å². The summed E-state index contributed by atoms with van der Waals surface area (Å²) in [5.74, 6) is 0.743. The fourth-order valence-corrected chi connectivity index (χ4v) is 4.20. The molecule has 4 heteroatoms. The minimum absolute atomic E-state index is 0.284. The molecule has 0 bridgehead atoms. The Morgan fingerprint density at radius 3 is 2.83 bits per heavy atom. The molecule has 2 aliphatic heterocycles. The van der Waals surface area contributed by atoms with Crippen LogP contribution in [0.25, 0.3) is 0 Å². The van der Waals surface area contributed by atoms with Gasteiger partial charge in [0.25, 0.3) is 0 Å². The fourth-order valence-electron chi connectivity index (χ4n) is 4.20. The Bertz CT molecular complexity index is 738. The van der Waals surface area contributed by atoms with Crippen molar-refractivity contribution in [2.75, 3.05) is 24.5 Å². The molecule has 0 aliphatic carbocycles. The fraction of sp³-hybridized carbons (Fsp3) is 0.450. The van der Waals surface area contributed by atoms with E-state index in [0.29, 0.717) is 5.92 Å². The van der Waals surface area contributed by atoms with E-state index in [2.05, 4.69) is 36.9 Å². The van der Waals surface area contributed by atoms with E-state index in [4.69, 9.17) is 4.42 Å². The predicted octanol–water partition coefficient (Wildman–Crippen LogP) is 3.43. The third kappa shape index (κ3) is 2.37. The Kier molecular flexibility index (Phi) is 3.72. The van der Waals surface area contributed by atoms with Crippen LogP contribution in [-0.2, 0) is 16.8 Å². The quantitative estimate of drug-likeness (QED) is 0.864. The van der Waals surface area contributed by atoms with Crippen molar-refractivity contribution in [2.24, 2.45) is 5.92 Å². The van der Waals surface area contributed by atoms with E-state index in [0.717, 1.165) is 38.3 Å². The molecular formula is C20H24N2O2. The van der Waals surface area contributed by atoms with Crippen LogP contribution in [-0.4, -0.2) is 30.4 Å². The van der Waals surface area contributed by atoms with Crippen molar-refractivity contribution in [1.82, 2.24) is 4.90 Å². The van der Waals surface area contributed by atoms with Gasteiger partial charge in [-0.3, -0.25) is 9.69 Å². The highest BCUT2D eigenvalue weighted by molar-refractivity contribution is 6.08. The number of rotatable bonds is 4. The van der Waals surface area contributed by atoms with Crippen LogP contribution in [0.3, 0.4) is 0 Å². The predicted molar refractivity (Wildman–Crippen MR) is 93.9 cm³/mol. The molecule has 0 N–H and O–H groups in total. The van der Waals surface area contributed by atoms with Gasteiger partial charge in [0, 0.05) is 30.9 Å². The molecule has 1 spiro atoms. The van der Waals surface area contributed by atoms with E-state index in [9.17, 15) is 4.79 Å². The molecular weight excluding hydrogens is 300 g/mol. The van der Waals surface area contributed by atoms with Gasteiger partial charge in [0.05, 0.1) is 17.9 Å². The zero-order valence-electron chi connectivity index (χ0n) is 14.4. The maximum Gasteiger partial charge on any atom is 0.239 e. The maximum absolute atomic E-state index is 13.4. The molecule has 1 amide bonds. The van der Waals surface area contributed by atoms with Crippen molar-refractivity contribution < 1.29 is 9.21 Å². The minimum Gasteiger partial charge on any atom is -0.472 e. The highest BCUT2D eigenvalue weighted by atomic mass is 16.3. The van der Waals surface area contributed by atoms with Gasteiger partial charge < -0.3 is 9.32 Å². The lowest BCUT2D eigenvalue weighted by Crippen LogP contribution is -2.43. The van der Waals surface area contributed by atoms with Gasteiger partial charge in [-0.1, -0.05) is 32.0 Å². The largest absolute Gasteiger partial charge is 0.472 e. The van der Waals surface area contributed by atoms with Crippen molar-refractivity contribution in [3.63, 3.8) is 0 Å². The van der Waals surface area contributed by atoms with Crippen molar-refractivity contribution >= 4 is 11.6 Å². The summed E-state index contributed by atoms with van der Waals surface area (Å²) >= 11 is 0. The summed E-state index contributed by atoms with van der Waals surface area (Å²) in [4.78, 5) is 17.7. The third-order valence-corrected chi connectivity index (χ3v) is 5.25. The molecule has 1 atom stereocenters. The molecule has 3 heterocycles. The number of para-hydroxylation sites is 1. The molecule has 0 unspecified atom stereocenters. The summed E-state index contributed by atoms with van der Waals surface area (Å²) in [5, 5.41) is 0. The molecule has 1 aromatic heterocycles. The minimum atomic E-state index is -0.366. The highest BCUT2D eigenvalue weighted by Gasteiger charge is 2.54. The second-order valence-corrected chi connectivity index (χ2v) is 7.50. The number of carbonyl (C=O) groups is 1. The van der Waals surface area contributed by atoms with Crippen molar-refractivity contribution in [1.29, 1.82) is 0 Å². The smallest absolute Gasteiger partial charge is 0.239 e. The lowest BCUT2D eigenvalue weighted by Gasteiger charge is -2.25. The Morgan fingerprint density at radius 2 is 2.08 bits per heavy atom. The van der Waals surface area contributed by atoms with E-state index >= 15 is 0 Å². The Labute approximate surface area is 143 Å². The van der Waals surface area contributed by atoms with Crippen LogP contribution in [0.5, 0.6) is 0 Å². The van der Waals surface area contributed by atoms with E-state index in [-0.39, 0.29) is 11.3 Å². The Balaban J connectivity index is 1.64. The van der Waals surface area contributed by atoms with Crippen molar-refractivity contribution in [3.05, 3.63) is 54.0 Å². The Hall–Kier alpha value is -2.07. The average Bonchev–Trinajstić information content (AvgIpc) is 3.26. The zero-order valence-corrected chi connectivity index (χ0v) is 14.4. The standard InChI is InChI=1S/C20H24N2O2/c1-15(2)11-22-18-6-4-3-5-17(18)20(19(22)23)8-9-21(14-20)12-16-7-10-24-13-16/h3-7,10,13,15H,8-9,11-12,14H2,1-2H3/t20-/m0/s1. The van der Waals surface area contributed by atoms with Crippen molar-refractivity contribution in [2.45, 2.75) is 32.2 Å². The van der Waals surface area contributed by atoms with Crippen LogP contribution in [0.15, 0.2) is 47.3 Å². The molecule has 2 aliphatic rings. The molecule has 1 aromatic carbocycles. The van der Waals surface area contributed by atoms with Gasteiger partial charge in [-0.05, 0) is 36.6 Å². The second-order valence-electron chi connectivity index (χ2n) is 7.50. The monoisotopic (exact) mass is 324 g/mol. The number of likely N-dealkylation sites (tertiary alicyclic amines) is 1. The van der Waals surface area contributed by atoms with Crippen LogP contribution < -0.4 is 4.90 Å². The van der Waals surface area contributed by atoms with Gasteiger partial charge in [-0.25, -0.2) is 0 Å². The molecule has 4 nitrogen and oxygen atoms in total. The SMILES string of the molecule is CC(C)CN1C(=O)[C@]2(CCN(Cc3ccoc3)C2)c2ccccc21. The second kappa shape index (κ2) is 5.78. The number of furan rings is 1. The normalized spacial score (nSPS) is 23.6. The number of hydrogen-bond acceptors (Lipinski definition) is 3. The van der Waals surface area contributed by atoms with Crippen LogP contribution >= 0.6 is 0 Å². The van der Waals surface area contributed by atoms with Gasteiger partial charge in [0.15, 0.2) is 0 Å². The van der Waals surface area contributed by atoms with Crippen LogP contribution in [0.2, 0.25) is 0 Å². The van der Waals surface area contributed by atoms with Gasteiger partial charge in [0.1, 0.15) is 0 Å². The molecule has 24 heavy (non-hydrogen) atoms. The number of hydrogen-bond donors (Lipinski definition) is 0. The highest BCUT2D eigenvalue weighted by Crippen LogP contribution is 2.47. The van der Waals surface area contributed by atoms with E-state index in [1.807, 2.05) is 17.0 Å². The molecule has 1 saturated heterocycles. The van der Waals surface area contributed by atoms with Crippen LogP contribution in [0.1, 0.15) is 31.4 Å². The van der Waals surface area contributed by atoms with Gasteiger partial charge in [-0.15, -0.1) is 0 Å². The lowest BCUT2D eigenvalue weighted by atomic mass is 9.81. The third-order valence-electron chi connectivity index (χ3n) is 5.25. The number of benzene rings is 1. The molecule has 4 rings (SSSR count). The van der Waals surface area contributed by atoms with Crippen molar-refractivity contribution in [3.8, 4) is 0 Å². The number of fused-ring (bicyclic) bond motifs is 2. The first kappa shape index (κ1) is 15.5. The topological polar surface area (TPSA) is 36.7 Å². The molecule has 126 valence electrons. The summed E-state index contributed by atoms with van der Waals surface area (Å²) in [7, 11) is 0. The van der Waals surface area contributed by atoms with Crippen LogP contribution in [0.4, 0.5) is 5.69 Å². The first-order valence-electron chi connectivity index (χ1n) is 8.75. The number of amides is 1. The molecule has 0 radical (unpaired) electrons. The lowest BCUT2D eigenvalue weighted by molar-refractivity contribution is -0.122. The Morgan fingerprint density at radius 1 is 1.25 bits per heavy atom. The van der Waals surface area contributed by atoms with Gasteiger partial charge >= 0.3 is 0 Å². The van der Waals surface area contributed by atoms with E-state index < -0.39 is 0 Å². The molecule has 0 saturated carbocycles. The summed E-state index contributed by atoms with van der Waals surface area (Å²) in [6, 6.07) is 10.3. The first-order chi connectivity index (χ1) is 11.6. The first-order valence-corrected chi connectivity index (χ1v) is 8.75. The summed E-state index contributed by atoms with van der Waals surface area (Å²) < 4.78 is 5.18. The zero-order chi connectivity index (χ0) is 16.7. The average molecular weight is 324 g/mol. The van der Waals surface area contributed by atoms with Gasteiger partial charge in [0.2, 0.25) is 5.91 Å². The van der Waals surface area contributed by atoms with E-state index in [1.165, 1.54) is 11.1 Å². The maximum atomic E-state index is 13.4. The number of carbonyl (C=O) groups excluding carboxylic acids is 1. The summed E-state index contributed by atoms with van der Waals surface area (Å²) in [5.41, 5.74) is 3.13. The number of nitrogens with zero attached hydrogens (tertiary/aromatic N) is 2. The number of anilines is 1. The van der Waals surface area contributed by atoms with Gasteiger partial charge in [-0.2, -0.15) is 0 Å².